The Morgan fingerprint density at radius 3 is 2.81 bits per heavy atom. The van der Waals surface area contributed by atoms with Crippen LogP contribution in [0.4, 0.5) is 5.69 Å². The van der Waals surface area contributed by atoms with Crippen LogP contribution in [-0.2, 0) is 11.2 Å². The first-order chi connectivity index (χ1) is 12.1. The maximum absolute atomic E-state index is 13.2. The van der Waals surface area contributed by atoms with Gasteiger partial charge in [0.15, 0.2) is 5.78 Å². The molecule has 0 radical (unpaired) electrons. The van der Waals surface area contributed by atoms with Gasteiger partial charge in [0, 0.05) is 41.8 Å². The maximum atomic E-state index is 13.2. The zero-order valence-electron chi connectivity index (χ0n) is 15.8. The highest BCUT2D eigenvalue weighted by Gasteiger charge is 2.36. The van der Waals surface area contributed by atoms with E-state index in [1.165, 1.54) is 0 Å². The molecule has 1 amide bonds. The standard InChI is InChI=1S/C20H28N2O3.ClH/c1-4-5-8-21-11-13-6-7-14-16(25-3)10-15-18(19(14)20(13)24)12(2)9-17(23)22-15;/h10,12-13,21H,4-9,11H2,1-3H3,(H,22,23);1H. The highest BCUT2D eigenvalue weighted by atomic mass is 35.5. The highest BCUT2D eigenvalue weighted by Crippen LogP contribution is 2.44. The molecule has 0 saturated carbocycles. The Morgan fingerprint density at radius 2 is 2.12 bits per heavy atom. The van der Waals surface area contributed by atoms with Crippen LogP contribution in [0.2, 0.25) is 0 Å². The number of Topliss-reactive ketones (excluding diaryl/α,β-unsaturated/α-hetero) is 1. The van der Waals surface area contributed by atoms with Gasteiger partial charge in [-0.3, -0.25) is 9.59 Å². The minimum atomic E-state index is 0. The first-order valence-electron chi connectivity index (χ1n) is 9.35. The molecule has 26 heavy (non-hydrogen) atoms. The number of halogens is 1. The summed E-state index contributed by atoms with van der Waals surface area (Å²) in [6.45, 7) is 5.87. The van der Waals surface area contributed by atoms with Crippen molar-refractivity contribution in [3.05, 3.63) is 22.8 Å². The number of benzene rings is 1. The van der Waals surface area contributed by atoms with E-state index in [1.807, 2.05) is 13.0 Å². The van der Waals surface area contributed by atoms with Gasteiger partial charge in [-0.1, -0.05) is 20.3 Å². The molecule has 0 fully saturated rings. The lowest BCUT2D eigenvalue weighted by molar-refractivity contribution is -0.116. The average molecular weight is 381 g/mol. The van der Waals surface area contributed by atoms with Crippen molar-refractivity contribution >= 4 is 29.8 Å². The quantitative estimate of drug-likeness (QED) is 0.738. The van der Waals surface area contributed by atoms with Gasteiger partial charge in [0.2, 0.25) is 5.91 Å². The fourth-order valence-corrected chi connectivity index (χ4v) is 4.05. The molecule has 1 heterocycles. The van der Waals surface area contributed by atoms with Crippen LogP contribution in [0.15, 0.2) is 6.07 Å². The topological polar surface area (TPSA) is 67.4 Å². The summed E-state index contributed by atoms with van der Waals surface area (Å²) in [6.07, 6.45) is 4.40. The summed E-state index contributed by atoms with van der Waals surface area (Å²) in [5, 5.41) is 6.35. The van der Waals surface area contributed by atoms with E-state index < -0.39 is 0 Å². The Labute approximate surface area is 161 Å². The van der Waals surface area contributed by atoms with Crippen molar-refractivity contribution in [2.45, 2.75) is 51.9 Å². The number of fused-ring (bicyclic) bond motifs is 3. The van der Waals surface area contributed by atoms with Crippen molar-refractivity contribution in [2.24, 2.45) is 5.92 Å². The number of rotatable bonds is 6. The minimum Gasteiger partial charge on any atom is -0.496 e. The highest BCUT2D eigenvalue weighted by molar-refractivity contribution is 6.06. The van der Waals surface area contributed by atoms with Gasteiger partial charge in [0.1, 0.15) is 5.75 Å². The molecule has 144 valence electrons. The van der Waals surface area contributed by atoms with Gasteiger partial charge in [-0.2, -0.15) is 0 Å². The monoisotopic (exact) mass is 380 g/mol. The van der Waals surface area contributed by atoms with Gasteiger partial charge in [0.05, 0.1) is 7.11 Å². The Bertz CT molecular complexity index is 690. The number of amides is 1. The number of carbonyl (C=O) groups is 2. The normalized spacial score (nSPS) is 21.3. The predicted molar refractivity (Wildman–Crippen MR) is 106 cm³/mol. The third-order valence-corrected chi connectivity index (χ3v) is 5.37. The third kappa shape index (κ3) is 3.89. The molecule has 1 aromatic rings. The number of nitrogens with one attached hydrogen (secondary N) is 2. The Kier molecular flexibility index (Phi) is 7.07. The predicted octanol–water partition coefficient (Wildman–Crippen LogP) is 3.70. The molecule has 2 aliphatic rings. The van der Waals surface area contributed by atoms with Gasteiger partial charge in [-0.05, 0) is 37.3 Å². The van der Waals surface area contributed by atoms with Gasteiger partial charge in [-0.25, -0.2) is 0 Å². The molecule has 0 spiro atoms. The Hall–Kier alpha value is -1.59. The smallest absolute Gasteiger partial charge is 0.224 e. The molecule has 2 atom stereocenters. The molecule has 0 bridgehead atoms. The van der Waals surface area contributed by atoms with Crippen LogP contribution in [0.3, 0.4) is 0 Å². The first kappa shape index (κ1) is 20.7. The SMILES string of the molecule is CCCCNCC1CCc2c(OC)cc3c(c2C1=O)C(C)CC(=O)N3.Cl. The van der Waals surface area contributed by atoms with E-state index in [0.29, 0.717) is 12.2 Å². The molecular formula is C20H29ClN2O3. The van der Waals surface area contributed by atoms with Crippen molar-refractivity contribution in [1.29, 1.82) is 0 Å². The lowest BCUT2D eigenvalue weighted by Gasteiger charge is -2.32. The second-order valence-corrected chi connectivity index (χ2v) is 7.20. The summed E-state index contributed by atoms with van der Waals surface area (Å²) < 4.78 is 5.53. The van der Waals surface area contributed by atoms with Crippen LogP contribution in [0, 0.1) is 5.92 Å². The third-order valence-electron chi connectivity index (χ3n) is 5.37. The van der Waals surface area contributed by atoms with Crippen molar-refractivity contribution in [2.75, 3.05) is 25.5 Å². The summed E-state index contributed by atoms with van der Waals surface area (Å²) in [4.78, 5) is 25.1. The summed E-state index contributed by atoms with van der Waals surface area (Å²) in [6, 6.07) is 1.88. The van der Waals surface area contributed by atoms with Crippen molar-refractivity contribution in [1.82, 2.24) is 5.32 Å². The number of hydrogen-bond donors (Lipinski definition) is 2. The number of methoxy groups -OCH3 is 1. The van der Waals surface area contributed by atoms with Crippen LogP contribution in [0.25, 0.3) is 0 Å². The van der Waals surface area contributed by atoms with Gasteiger partial charge < -0.3 is 15.4 Å². The molecule has 3 rings (SSSR count). The first-order valence-corrected chi connectivity index (χ1v) is 9.35. The molecule has 1 aromatic carbocycles. The number of carbonyl (C=O) groups excluding carboxylic acids is 2. The average Bonchev–Trinajstić information content (AvgIpc) is 2.59. The number of unbranched alkanes of at least 4 members (excludes halogenated alkanes) is 1. The summed E-state index contributed by atoms with van der Waals surface area (Å²) in [5.74, 6) is 0.977. The van der Waals surface area contributed by atoms with Crippen molar-refractivity contribution in [3.63, 3.8) is 0 Å². The number of hydrogen-bond acceptors (Lipinski definition) is 4. The Morgan fingerprint density at radius 1 is 1.35 bits per heavy atom. The summed E-state index contributed by atoms with van der Waals surface area (Å²) in [5.41, 5.74) is 3.56. The Balaban J connectivity index is 0.00000243. The van der Waals surface area contributed by atoms with E-state index in [9.17, 15) is 9.59 Å². The largest absolute Gasteiger partial charge is 0.496 e. The molecule has 1 aliphatic carbocycles. The molecule has 2 unspecified atom stereocenters. The number of anilines is 1. The molecule has 6 heteroatoms. The molecule has 0 aromatic heterocycles. The molecule has 2 N–H and O–H groups in total. The second-order valence-electron chi connectivity index (χ2n) is 7.20. The lowest BCUT2D eigenvalue weighted by Crippen LogP contribution is -2.35. The van der Waals surface area contributed by atoms with E-state index in [4.69, 9.17) is 4.74 Å². The zero-order chi connectivity index (χ0) is 18.0. The fourth-order valence-electron chi connectivity index (χ4n) is 4.05. The minimum absolute atomic E-state index is 0. The fraction of sp³-hybridized carbons (Fsp3) is 0.600. The van der Waals surface area contributed by atoms with Crippen LogP contribution in [0.1, 0.15) is 66.9 Å². The van der Waals surface area contributed by atoms with E-state index in [-0.39, 0.29) is 35.9 Å². The van der Waals surface area contributed by atoms with E-state index in [0.717, 1.165) is 61.2 Å². The maximum Gasteiger partial charge on any atom is 0.224 e. The zero-order valence-corrected chi connectivity index (χ0v) is 16.6. The summed E-state index contributed by atoms with van der Waals surface area (Å²) >= 11 is 0. The molecular weight excluding hydrogens is 352 g/mol. The number of ketones is 1. The summed E-state index contributed by atoms with van der Waals surface area (Å²) in [7, 11) is 1.62. The number of ether oxygens (including phenoxy) is 1. The van der Waals surface area contributed by atoms with Gasteiger partial charge in [-0.15, -0.1) is 12.4 Å². The van der Waals surface area contributed by atoms with E-state index >= 15 is 0 Å². The van der Waals surface area contributed by atoms with Crippen molar-refractivity contribution < 1.29 is 14.3 Å². The van der Waals surface area contributed by atoms with E-state index in [1.54, 1.807) is 7.11 Å². The lowest BCUT2D eigenvalue weighted by atomic mass is 9.75. The van der Waals surface area contributed by atoms with Crippen LogP contribution >= 0.6 is 12.4 Å². The van der Waals surface area contributed by atoms with Crippen LogP contribution in [-0.4, -0.2) is 31.9 Å². The second kappa shape index (κ2) is 8.87. The van der Waals surface area contributed by atoms with Gasteiger partial charge >= 0.3 is 0 Å². The molecule has 1 aliphatic heterocycles. The van der Waals surface area contributed by atoms with Crippen LogP contribution in [0.5, 0.6) is 5.75 Å². The molecule has 5 nitrogen and oxygen atoms in total. The van der Waals surface area contributed by atoms with Crippen molar-refractivity contribution in [3.8, 4) is 5.75 Å². The van der Waals surface area contributed by atoms with Gasteiger partial charge in [0.25, 0.3) is 0 Å². The van der Waals surface area contributed by atoms with Crippen LogP contribution < -0.4 is 15.4 Å². The van der Waals surface area contributed by atoms with E-state index in [2.05, 4.69) is 17.6 Å². The molecule has 0 saturated heterocycles.